The molecule has 1 N–H and O–H groups in total. The molecule has 1 aromatic heterocycles. The molecular weight excluding hydrogens is 262 g/mol. The van der Waals surface area contributed by atoms with E-state index in [1.165, 1.54) is 0 Å². The fourth-order valence-corrected chi connectivity index (χ4v) is 2.33. The van der Waals surface area contributed by atoms with Gasteiger partial charge in [-0.15, -0.1) is 0 Å². The summed E-state index contributed by atoms with van der Waals surface area (Å²) in [7, 11) is 3.78. The Morgan fingerprint density at radius 1 is 1.14 bits per heavy atom. The van der Waals surface area contributed by atoms with Crippen LogP contribution in [0.15, 0.2) is 48.5 Å². The smallest absolute Gasteiger partial charge is 0.138 e. The molecule has 0 aliphatic carbocycles. The molecule has 3 rings (SSSR count). The first-order valence-corrected chi connectivity index (χ1v) is 7.03. The monoisotopic (exact) mass is 281 g/mol. The van der Waals surface area contributed by atoms with E-state index >= 15 is 0 Å². The summed E-state index contributed by atoms with van der Waals surface area (Å²) in [4.78, 5) is 10.2. The van der Waals surface area contributed by atoms with Crippen molar-refractivity contribution in [2.75, 3.05) is 32.2 Å². The molecule has 0 spiro atoms. The quantitative estimate of drug-likeness (QED) is 0.780. The number of aromatic nitrogens is 2. The van der Waals surface area contributed by atoms with Gasteiger partial charge in [0.15, 0.2) is 0 Å². The van der Waals surface area contributed by atoms with Crippen LogP contribution < -0.4 is 4.90 Å². The maximum absolute atomic E-state index is 5.12. The minimum absolute atomic E-state index is 0.715. The molecule has 0 saturated heterocycles. The molecule has 2 aromatic carbocycles. The minimum Gasteiger partial charge on any atom is -0.383 e. The number of likely N-dealkylation sites (N-methyl/N-ethyl adjacent to an activating group) is 1. The van der Waals surface area contributed by atoms with Gasteiger partial charge in [0.1, 0.15) is 5.82 Å². The average molecular weight is 281 g/mol. The second-order valence-corrected chi connectivity index (χ2v) is 5.07. The van der Waals surface area contributed by atoms with Gasteiger partial charge >= 0.3 is 0 Å². The summed E-state index contributed by atoms with van der Waals surface area (Å²) in [6.45, 7) is 1.58. The Labute approximate surface area is 124 Å². The van der Waals surface area contributed by atoms with Crippen LogP contribution in [-0.4, -0.2) is 37.3 Å². The molecule has 0 amide bonds. The van der Waals surface area contributed by atoms with E-state index in [4.69, 9.17) is 4.74 Å². The summed E-state index contributed by atoms with van der Waals surface area (Å²) < 4.78 is 5.12. The Morgan fingerprint density at radius 2 is 1.95 bits per heavy atom. The highest BCUT2D eigenvalue weighted by Crippen LogP contribution is 2.23. The number of nitrogens with one attached hydrogen (secondary N) is 1. The normalized spacial score (nSPS) is 11.0. The molecule has 0 bridgehead atoms. The number of methoxy groups -OCH3 is 1. The van der Waals surface area contributed by atoms with E-state index in [9.17, 15) is 0 Å². The Kier molecular flexibility index (Phi) is 3.88. The molecule has 0 saturated carbocycles. The first-order valence-electron chi connectivity index (χ1n) is 7.03. The molecule has 3 aromatic rings. The highest BCUT2D eigenvalue weighted by molar-refractivity contribution is 5.82. The van der Waals surface area contributed by atoms with Crippen molar-refractivity contribution in [1.82, 2.24) is 9.97 Å². The van der Waals surface area contributed by atoms with Gasteiger partial charge in [0.2, 0.25) is 0 Å². The molecule has 1 heterocycles. The van der Waals surface area contributed by atoms with E-state index in [1.54, 1.807) is 7.11 Å². The molecule has 4 heteroatoms. The number of anilines is 1. The number of hydrogen-bond donors (Lipinski definition) is 1. The number of ether oxygens (including phenoxy) is 1. The highest BCUT2D eigenvalue weighted by atomic mass is 16.5. The van der Waals surface area contributed by atoms with Crippen LogP contribution in [0, 0.1) is 0 Å². The van der Waals surface area contributed by atoms with Gasteiger partial charge < -0.3 is 14.6 Å². The minimum atomic E-state index is 0.715. The number of fused-ring (bicyclic) bond motifs is 1. The van der Waals surface area contributed by atoms with Crippen LogP contribution >= 0.6 is 0 Å². The summed E-state index contributed by atoms with van der Waals surface area (Å²) in [5.41, 5.74) is 4.29. The molecule has 0 unspecified atom stereocenters. The van der Waals surface area contributed by atoms with Gasteiger partial charge in [-0.25, -0.2) is 4.98 Å². The third kappa shape index (κ3) is 2.90. The maximum Gasteiger partial charge on any atom is 0.138 e. The predicted octanol–water partition coefficient (Wildman–Crippen LogP) is 3.31. The molecule has 4 nitrogen and oxygen atoms in total. The van der Waals surface area contributed by atoms with Crippen molar-refractivity contribution in [1.29, 1.82) is 0 Å². The van der Waals surface area contributed by atoms with Crippen LogP contribution in [0.5, 0.6) is 0 Å². The van der Waals surface area contributed by atoms with E-state index in [2.05, 4.69) is 52.2 Å². The number of imidazole rings is 1. The summed E-state index contributed by atoms with van der Waals surface area (Å²) in [6, 6.07) is 16.4. The van der Waals surface area contributed by atoms with Crippen molar-refractivity contribution in [2.45, 2.75) is 0 Å². The lowest BCUT2D eigenvalue weighted by Crippen LogP contribution is -2.21. The SMILES string of the molecule is COCCN(C)c1ccc2nc(-c3ccccc3)[nH]c2c1. The predicted molar refractivity (Wildman–Crippen MR) is 86.7 cm³/mol. The van der Waals surface area contributed by atoms with Gasteiger partial charge in [-0.3, -0.25) is 0 Å². The summed E-state index contributed by atoms with van der Waals surface area (Å²) in [5.74, 6) is 0.905. The lowest BCUT2D eigenvalue weighted by Gasteiger charge is -2.18. The first kappa shape index (κ1) is 13.6. The number of hydrogen-bond acceptors (Lipinski definition) is 3. The molecule has 0 radical (unpaired) electrons. The topological polar surface area (TPSA) is 41.1 Å². The summed E-state index contributed by atoms with van der Waals surface area (Å²) in [6.07, 6.45) is 0. The molecule has 108 valence electrons. The Balaban J connectivity index is 1.92. The van der Waals surface area contributed by atoms with E-state index in [1.807, 2.05) is 18.2 Å². The van der Waals surface area contributed by atoms with Gasteiger partial charge in [0.25, 0.3) is 0 Å². The van der Waals surface area contributed by atoms with Crippen molar-refractivity contribution in [3.8, 4) is 11.4 Å². The lowest BCUT2D eigenvalue weighted by atomic mass is 10.2. The van der Waals surface area contributed by atoms with Crippen LogP contribution in [0.3, 0.4) is 0 Å². The highest BCUT2D eigenvalue weighted by Gasteiger charge is 2.07. The second kappa shape index (κ2) is 5.97. The summed E-state index contributed by atoms with van der Waals surface area (Å²) in [5, 5.41) is 0. The van der Waals surface area contributed by atoms with Gasteiger partial charge in [-0.05, 0) is 18.2 Å². The zero-order valence-electron chi connectivity index (χ0n) is 12.3. The number of aromatic amines is 1. The molecule has 0 aliphatic rings. The van der Waals surface area contributed by atoms with Gasteiger partial charge in [0.05, 0.1) is 17.6 Å². The van der Waals surface area contributed by atoms with Crippen molar-refractivity contribution in [3.63, 3.8) is 0 Å². The first-order chi connectivity index (χ1) is 10.3. The van der Waals surface area contributed by atoms with E-state index in [-0.39, 0.29) is 0 Å². The van der Waals surface area contributed by atoms with E-state index < -0.39 is 0 Å². The number of H-pyrrole nitrogens is 1. The van der Waals surface area contributed by atoms with Crippen LogP contribution in [0.1, 0.15) is 0 Å². The van der Waals surface area contributed by atoms with Gasteiger partial charge in [-0.1, -0.05) is 30.3 Å². The molecule has 0 fully saturated rings. The third-order valence-corrected chi connectivity index (χ3v) is 3.58. The van der Waals surface area contributed by atoms with Crippen molar-refractivity contribution in [2.24, 2.45) is 0 Å². The zero-order chi connectivity index (χ0) is 14.7. The van der Waals surface area contributed by atoms with Crippen molar-refractivity contribution in [3.05, 3.63) is 48.5 Å². The van der Waals surface area contributed by atoms with Gasteiger partial charge in [-0.2, -0.15) is 0 Å². The summed E-state index contributed by atoms with van der Waals surface area (Å²) >= 11 is 0. The third-order valence-electron chi connectivity index (χ3n) is 3.58. The van der Waals surface area contributed by atoms with Crippen LogP contribution in [0.25, 0.3) is 22.4 Å². The van der Waals surface area contributed by atoms with Crippen LogP contribution in [0.4, 0.5) is 5.69 Å². The standard InChI is InChI=1S/C17H19N3O/c1-20(10-11-21-2)14-8-9-15-16(12-14)19-17(18-15)13-6-4-3-5-7-13/h3-9,12H,10-11H2,1-2H3,(H,18,19). The molecular formula is C17H19N3O. The molecule has 0 atom stereocenters. The fraction of sp³-hybridized carbons (Fsp3) is 0.235. The Morgan fingerprint density at radius 3 is 2.71 bits per heavy atom. The zero-order valence-corrected chi connectivity index (χ0v) is 12.3. The van der Waals surface area contributed by atoms with Crippen molar-refractivity contribution < 1.29 is 4.74 Å². The maximum atomic E-state index is 5.12. The largest absolute Gasteiger partial charge is 0.383 e. The lowest BCUT2D eigenvalue weighted by molar-refractivity contribution is 0.206. The van der Waals surface area contributed by atoms with Gasteiger partial charge in [0, 0.05) is 32.0 Å². The van der Waals surface area contributed by atoms with Crippen molar-refractivity contribution >= 4 is 16.7 Å². The second-order valence-electron chi connectivity index (χ2n) is 5.07. The molecule has 0 aliphatic heterocycles. The van der Waals surface area contributed by atoms with E-state index in [0.717, 1.165) is 34.7 Å². The Hall–Kier alpha value is -2.33. The average Bonchev–Trinajstić information content (AvgIpc) is 2.96. The fourth-order valence-electron chi connectivity index (χ4n) is 2.33. The van der Waals surface area contributed by atoms with Crippen LogP contribution in [-0.2, 0) is 4.74 Å². The number of benzene rings is 2. The van der Waals surface area contributed by atoms with Crippen LogP contribution in [0.2, 0.25) is 0 Å². The van der Waals surface area contributed by atoms with E-state index in [0.29, 0.717) is 6.61 Å². The number of nitrogens with zero attached hydrogens (tertiary/aromatic N) is 2. The Bertz CT molecular complexity index is 721. The molecule has 21 heavy (non-hydrogen) atoms. The number of rotatable bonds is 5.